The summed E-state index contributed by atoms with van der Waals surface area (Å²) < 4.78 is 15.2. The maximum atomic E-state index is 12.9. The van der Waals surface area contributed by atoms with Crippen molar-refractivity contribution in [1.29, 1.82) is 0 Å². The zero-order chi connectivity index (χ0) is 11.8. The van der Waals surface area contributed by atoms with Gasteiger partial charge in [-0.1, -0.05) is 30.3 Å². The highest BCUT2D eigenvalue weighted by atomic mass is 79.9. The van der Waals surface area contributed by atoms with Gasteiger partial charge in [0.15, 0.2) is 0 Å². The van der Waals surface area contributed by atoms with E-state index in [1.165, 1.54) is 22.2 Å². The molecule has 0 bridgehead atoms. The van der Waals surface area contributed by atoms with Crippen LogP contribution in [0.2, 0.25) is 0 Å². The molecule has 0 atom stereocenters. The van der Waals surface area contributed by atoms with Gasteiger partial charge in [-0.15, -0.1) is 11.3 Å². The van der Waals surface area contributed by atoms with E-state index in [0.717, 1.165) is 14.9 Å². The number of fused-ring (bicyclic) bond motifs is 1. The lowest BCUT2D eigenvalue weighted by molar-refractivity contribution is 0.628. The summed E-state index contributed by atoms with van der Waals surface area (Å²) in [6, 6.07) is 14.8. The summed E-state index contributed by atoms with van der Waals surface area (Å²) in [7, 11) is 0. The van der Waals surface area contributed by atoms with Crippen LogP contribution in [0.3, 0.4) is 0 Å². The van der Waals surface area contributed by atoms with Gasteiger partial charge in [0.2, 0.25) is 0 Å². The van der Waals surface area contributed by atoms with Gasteiger partial charge < -0.3 is 0 Å². The first-order valence-corrected chi connectivity index (χ1v) is 6.79. The second kappa shape index (κ2) is 4.24. The minimum absolute atomic E-state index is 0.203. The molecular weight excluding hydrogens is 299 g/mol. The van der Waals surface area contributed by atoms with E-state index in [2.05, 4.69) is 28.1 Å². The normalized spacial score (nSPS) is 10.9. The van der Waals surface area contributed by atoms with Crippen LogP contribution in [0.4, 0.5) is 4.39 Å². The van der Waals surface area contributed by atoms with Crippen LogP contribution in [-0.2, 0) is 0 Å². The van der Waals surface area contributed by atoms with Crippen molar-refractivity contribution in [1.82, 2.24) is 0 Å². The van der Waals surface area contributed by atoms with Gasteiger partial charge in [-0.25, -0.2) is 4.39 Å². The third kappa shape index (κ3) is 1.90. The Bertz CT molecular complexity index is 670. The summed E-state index contributed by atoms with van der Waals surface area (Å²) in [5.41, 5.74) is 1.04. The Morgan fingerprint density at radius 3 is 2.35 bits per heavy atom. The first-order valence-electron chi connectivity index (χ1n) is 5.18. The average Bonchev–Trinajstić information content (AvgIpc) is 2.69. The lowest BCUT2D eigenvalue weighted by atomic mass is 10.1. The fourth-order valence-corrected chi connectivity index (χ4v) is 3.85. The monoisotopic (exact) mass is 306 g/mol. The third-order valence-corrected chi connectivity index (χ3v) is 4.95. The van der Waals surface area contributed by atoms with Gasteiger partial charge >= 0.3 is 0 Å². The molecule has 1 aromatic heterocycles. The Kier molecular flexibility index (Phi) is 2.73. The second-order valence-electron chi connectivity index (χ2n) is 3.75. The first kappa shape index (κ1) is 10.9. The molecule has 0 fully saturated rings. The maximum absolute atomic E-state index is 12.9. The van der Waals surface area contributed by atoms with Crippen molar-refractivity contribution in [2.75, 3.05) is 0 Å². The Morgan fingerprint density at radius 1 is 0.941 bits per heavy atom. The van der Waals surface area contributed by atoms with E-state index in [4.69, 9.17) is 0 Å². The molecule has 3 heteroatoms. The van der Waals surface area contributed by atoms with Crippen molar-refractivity contribution in [3.8, 4) is 10.4 Å². The van der Waals surface area contributed by atoms with Gasteiger partial charge in [0.25, 0.3) is 0 Å². The maximum Gasteiger partial charge on any atom is 0.123 e. The smallest absolute Gasteiger partial charge is 0.123 e. The van der Waals surface area contributed by atoms with Crippen LogP contribution >= 0.6 is 27.3 Å². The van der Waals surface area contributed by atoms with Gasteiger partial charge in [0, 0.05) is 19.4 Å². The van der Waals surface area contributed by atoms with Gasteiger partial charge in [0.05, 0.1) is 0 Å². The van der Waals surface area contributed by atoms with Gasteiger partial charge in [-0.2, -0.15) is 0 Å². The van der Waals surface area contributed by atoms with Gasteiger partial charge in [-0.05, 0) is 39.7 Å². The molecular formula is C14H8BrFS. The minimum Gasteiger partial charge on any atom is -0.207 e. The molecule has 2 aromatic carbocycles. The van der Waals surface area contributed by atoms with Crippen LogP contribution in [-0.4, -0.2) is 0 Å². The number of thiophene rings is 1. The zero-order valence-electron chi connectivity index (χ0n) is 8.78. The standard InChI is InChI=1S/C14H8BrFS/c15-13-11-3-1-2-4-12(11)17-14(13)9-5-7-10(16)8-6-9/h1-8H. The van der Waals surface area contributed by atoms with E-state index >= 15 is 0 Å². The van der Waals surface area contributed by atoms with E-state index in [9.17, 15) is 4.39 Å². The molecule has 0 saturated carbocycles. The van der Waals surface area contributed by atoms with E-state index in [-0.39, 0.29) is 5.82 Å². The molecule has 0 amide bonds. The lowest BCUT2D eigenvalue weighted by Crippen LogP contribution is -1.75. The summed E-state index contributed by atoms with van der Waals surface area (Å²) in [6.45, 7) is 0. The summed E-state index contributed by atoms with van der Waals surface area (Å²) in [5.74, 6) is -0.203. The van der Waals surface area contributed by atoms with Crippen LogP contribution in [0.1, 0.15) is 0 Å². The quantitative estimate of drug-likeness (QED) is 0.559. The molecule has 0 nitrogen and oxygen atoms in total. The van der Waals surface area contributed by atoms with Crippen molar-refractivity contribution >= 4 is 37.4 Å². The molecule has 17 heavy (non-hydrogen) atoms. The lowest BCUT2D eigenvalue weighted by Gasteiger charge is -1.98. The molecule has 0 N–H and O–H groups in total. The highest BCUT2D eigenvalue weighted by Gasteiger charge is 2.10. The van der Waals surface area contributed by atoms with Crippen molar-refractivity contribution in [2.45, 2.75) is 0 Å². The molecule has 0 saturated heterocycles. The van der Waals surface area contributed by atoms with Crippen LogP contribution in [0.5, 0.6) is 0 Å². The Labute approximate surface area is 111 Å². The summed E-state index contributed by atoms with van der Waals surface area (Å²) in [4.78, 5) is 1.14. The molecule has 0 spiro atoms. The molecule has 0 aliphatic carbocycles. The van der Waals surface area contributed by atoms with Crippen LogP contribution in [0.15, 0.2) is 53.0 Å². The van der Waals surface area contributed by atoms with Crippen molar-refractivity contribution in [3.05, 3.63) is 58.8 Å². The van der Waals surface area contributed by atoms with Crippen molar-refractivity contribution in [2.24, 2.45) is 0 Å². The van der Waals surface area contributed by atoms with E-state index in [0.29, 0.717) is 0 Å². The molecule has 0 aliphatic heterocycles. The highest BCUT2D eigenvalue weighted by Crippen LogP contribution is 2.41. The van der Waals surface area contributed by atoms with Gasteiger partial charge in [-0.3, -0.25) is 0 Å². The van der Waals surface area contributed by atoms with Crippen molar-refractivity contribution in [3.63, 3.8) is 0 Å². The van der Waals surface area contributed by atoms with Crippen LogP contribution < -0.4 is 0 Å². The fourth-order valence-electron chi connectivity index (χ4n) is 1.80. The van der Waals surface area contributed by atoms with E-state index in [1.807, 2.05) is 24.3 Å². The third-order valence-electron chi connectivity index (χ3n) is 2.64. The number of benzene rings is 2. The number of rotatable bonds is 1. The van der Waals surface area contributed by atoms with Crippen LogP contribution in [0.25, 0.3) is 20.5 Å². The molecule has 1 heterocycles. The summed E-state index contributed by atoms with van der Waals surface area (Å²) >= 11 is 5.34. The van der Waals surface area contributed by atoms with E-state index in [1.54, 1.807) is 11.3 Å². The molecule has 0 radical (unpaired) electrons. The Hall–Kier alpha value is -1.19. The molecule has 84 valence electrons. The zero-order valence-corrected chi connectivity index (χ0v) is 11.2. The largest absolute Gasteiger partial charge is 0.207 e. The highest BCUT2D eigenvalue weighted by molar-refractivity contribution is 9.10. The SMILES string of the molecule is Fc1ccc(-c2sc3ccccc3c2Br)cc1. The Morgan fingerprint density at radius 2 is 1.65 bits per heavy atom. The Balaban J connectivity index is 2.24. The van der Waals surface area contributed by atoms with E-state index < -0.39 is 0 Å². The molecule has 0 aliphatic rings. The molecule has 0 unspecified atom stereocenters. The summed E-state index contributed by atoms with van der Waals surface area (Å²) in [6.07, 6.45) is 0. The second-order valence-corrected chi connectivity index (χ2v) is 5.59. The topological polar surface area (TPSA) is 0 Å². The number of halogens is 2. The molecule has 3 aromatic rings. The predicted octanol–water partition coefficient (Wildman–Crippen LogP) is 5.47. The van der Waals surface area contributed by atoms with Crippen molar-refractivity contribution < 1.29 is 4.39 Å². The first-order chi connectivity index (χ1) is 8.25. The number of hydrogen-bond donors (Lipinski definition) is 0. The average molecular weight is 307 g/mol. The van der Waals surface area contributed by atoms with Gasteiger partial charge in [0.1, 0.15) is 5.82 Å². The van der Waals surface area contributed by atoms with Crippen LogP contribution in [0, 0.1) is 5.82 Å². The molecule has 3 rings (SSSR count). The fraction of sp³-hybridized carbons (Fsp3) is 0. The predicted molar refractivity (Wildman–Crippen MR) is 74.9 cm³/mol. The summed E-state index contributed by atoms with van der Waals surface area (Å²) in [5, 5.41) is 1.21. The minimum atomic E-state index is -0.203. The number of hydrogen-bond acceptors (Lipinski definition) is 1.